The number of carbonyl (C=O) groups excluding carboxylic acids is 1. The first-order valence-corrected chi connectivity index (χ1v) is 17.2. The number of rotatable bonds is 14. The van der Waals surface area contributed by atoms with Crippen molar-refractivity contribution in [2.24, 2.45) is 0 Å². The quantitative estimate of drug-likeness (QED) is 0.130. The highest BCUT2D eigenvalue weighted by molar-refractivity contribution is 7.99. The Kier molecular flexibility index (Phi) is 12.5. The second-order valence-electron chi connectivity index (χ2n) is 11.1. The highest BCUT2D eigenvalue weighted by atomic mass is 32.2. The van der Waals surface area contributed by atoms with E-state index in [9.17, 15) is 4.79 Å². The van der Waals surface area contributed by atoms with Gasteiger partial charge in [-0.05, 0) is 34.3 Å². The predicted octanol–water partition coefficient (Wildman–Crippen LogP) is 7.39. The van der Waals surface area contributed by atoms with Crippen molar-refractivity contribution in [3.63, 3.8) is 0 Å². The van der Waals surface area contributed by atoms with Crippen molar-refractivity contribution in [1.29, 1.82) is 0 Å². The van der Waals surface area contributed by atoms with Crippen LogP contribution in [0.15, 0.2) is 78.2 Å². The third-order valence-corrected chi connectivity index (χ3v) is 14.9. The molecule has 0 N–H and O–H groups in total. The molecule has 8 heteroatoms. The van der Waals surface area contributed by atoms with Crippen molar-refractivity contribution in [1.82, 2.24) is 0 Å². The maximum Gasteiger partial charge on any atom is 0.337 e. The lowest BCUT2D eigenvalue weighted by molar-refractivity contribution is -0.229. The fourth-order valence-corrected chi connectivity index (χ4v) is 12.6. The summed E-state index contributed by atoms with van der Waals surface area (Å²) in [6, 6.07) is 20.0. The molecule has 0 spiro atoms. The van der Waals surface area contributed by atoms with Gasteiger partial charge in [0.05, 0.1) is 20.3 Å². The number of hydrogen-bond acceptors (Lipinski definition) is 7. The molecule has 0 radical (unpaired) electrons. The summed E-state index contributed by atoms with van der Waals surface area (Å²) in [6.45, 7) is 17.9. The lowest BCUT2D eigenvalue weighted by Gasteiger charge is -2.51. The average molecular weight is 587 g/mol. The molecule has 1 fully saturated rings. The van der Waals surface area contributed by atoms with Gasteiger partial charge in [-0.2, -0.15) is 0 Å². The van der Waals surface area contributed by atoms with Crippen LogP contribution in [0.4, 0.5) is 0 Å². The molecule has 1 heterocycles. The van der Waals surface area contributed by atoms with Crippen molar-refractivity contribution < 1.29 is 28.2 Å². The van der Waals surface area contributed by atoms with E-state index in [1.807, 2.05) is 60.7 Å². The Morgan fingerprint density at radius 1 is 0.900 bits per heavy atom. The Balaban J connectivity index is 2.12. The van der Waals surface area contributed by atoms with Crippen LogP contribution < -0.4 is 0 Å². The molecule has 2 aromatic rings. The highest BCUT2D eigenvalue weighted by Gasteiger charge is 2.56. The van der Waals surface area contributed by atoms with Gasteiger partial charge < -0.3 is 23.4 Å². The molecule has 1 aliphatic heterocycles. The number of hydrogen-bond donors (Lipinski definition) is 0. The Morgan fingerprint density at radius 3 is 2.00 bits per heavy atom. The molecule has 0 unspecified atom stereocenters. The van der Waals surface area contributed by atoms with E-state index in [4.69, 9.17) is 23.4 Å². The number of thioether (sulfide) groups is 1. The van der Waals surface area contributed by atoms with E-state index in [0.717, 1.165) is 10.5 Å². The molecule has 0 amide bonds. The molecule has 1 saturated heterocycles. The summed E-state index contributed by atoms with van der Waals surface area (Å²) >= 11 is 1.51. The van der Waals surface area contributed by atoms with Crippen LogP contribution in [0.5, 0.6) is 0 Å². The Morgan fingerprint density at radius 2 is 1.48 bits per heavy atom. The molecule has 3 rings (SSSR count). The van der Waals surface area contributed by atoms with Crippen LogP contribution in [-0.4, -0.2) is 57.9 Å². The van der Waals surface area contributed by atoms with Crippen molar-refractivity contribution in [3.05, 3.63) is 78.9 Å². The van der Waals surface area contributed by atoms with Gasteiger partial charge in [0.1, 0.15) is 23.7 Å². The summed E-state index contributed by atoms with van der Waals surface area (Å²) in [5, 5.41) is 0. The van der Waals surface area contributed by atoms with Crippen molar-refractivity contribution in [3.8, 4) is 0 Å². The van der Waals surface area contributed by atoms with Gasteiger partial charge in [0, 0.05) is 4.90 Å². The number of esters is 1. The number of ether oxygens (including phenoxy) is 4. The normalized spacial score (nSPS) is 23.5. The fourth-order valence-electron chi connectivity index (χ4n) is 5.93. The standard InChI is InChI=1S/C32H46O6SSi/c1-9-20-35-30-27(36-21-25-16-12-10-13-17-25)28(38-40(22(2)3,23(4)5)24(6)7)29(31(33)34-8)37-32(30)39-26-18-14-11-15-19-26/h9-19,22-24,27-30,32H,1,20-21H2,2-8H3/t27-,28-,29-,30+,32+/m0/s1. The average Bonchev–Trinajstić information content (AvgIpc) is 2.94. The first-order chi connectivity index (χ1) is 19.1. The molecule has 5 atom stereocenters. The van der Waals surface area contributed by atoms with Gasteiger partial charge in [-0.1, -0.05) is 108 Å². The van der Waals surface area contributed by atoms with E-state index < -0.39 is 44.1 Å². The summed E-state index contributed by atoms with van der Waals surface area (Å²) in [5.41, 5.74) is 1.37. The number of carbonyl (C=O) groups is 1. The van der Waals surface area contributed by atoms with Crippen LogP contribution in [0.2, 0.25) is 16.6 Å². The first-order valence-electron chi connectivity index (χ1n) is 14.2. The Bertz CT molecular complexity index is 1030. The van der Waals surface area contributed by atoms with Crippen LogP contribution in [0.3, 0.4) is 0 Å². The first kappa shape index (κ1) is 32.6. The van der Waals surface area contributed by atoms with Crippen LogP contribution in [0.25, 0.3) is 0 Å². The van der Waals surface area contributed by atoms with Gasteiger partial charge >= 0.3 is 5.97 Å². The van der Waals surface area contributed by atoms with E-state index in [-0.39, 0.29) is 0 Å². The lowest BCUT2D eigenvalue weighted by Crippen LogP contribution is -2.65. The Hall–Kier alpha value is -1.94. The smallest absolute Gasteiger partial charge is 0.337 e. The van der Waals surface area contributed by atoms with Crippen LogP contribution >= 0.6 is 11.8 Å². The van der Waals surface area contributed by atoms with Crippen LogP contribution in [0, 0.1) is 0 Å². The lowest BCUT2D eigenvalue weighted by atomic mass is 9.99. The summed E-state index contributed by atoms with van der Waals surface area (Å²) in [5.74, 6) is -0.474. The maximum absolute atomic E-state index is 13.4. The number of benzene rings is 2. The fraction of sp³-hybridized carbons (Fsp3) is 0.531. The summed E-state index contributed by atoms with van der Waals surface area (Å²) < 4.78 is 32.3. The molecule has 6 nitrogen and oxygen atoms in total. The van der Waals surface area contributed by atoms with E-state index in [1.54, 1.807) is 6.08 Å². The molecule has 0 saturated carbocycles. The monoisotopic (exact) mass is 586 g/mol. The van der Waals surface area contributed by atoms with Gasteiger partial charge in [-0.25, -0.2) is 4.79 Å². The molecular formula is C32H46O6SSi. The van der Waals surface area contributed by atoms with Gasteiger partial charge in [0.2, 0.25) is 8.32 Å². The van der Waals surface area contributed by atoms with Crippen molar-refractivity contribution >= 4 is 26.0 Å². The van der Waals surface area contributed by atoms with Crippen molar-refractivity contribution in [2.45, 2.75) is 99.5 Å². The SMILES string of the molecule is C=CCO[C@@H]1[C@@H](OCc2ccccc2)[C@H](O[Si](C(C)C)(C(C)C)C(C)C)[C@@H](C(=O)OC)O[C@@H]1Sc1ccccc1. The highest BCUT2D eigenvalue weighted by Crippen LogP contribution is 2.46. The number of methoxy groups -OCH3 is 1. The van der Waals surface area contributed by atoms with Crippen molar-refractivity contribution in [2.75, 3.05) is 13.7 Å². The van der Waals surface area contributed by atoms with Crippen LogP contribution in [-0.2, 0) is 34.8 Å². The summed E-state index contributed by atoms with van der Waals surface area (Å²) in [7, 11) is -1.08. The van der Waals surface area contributed by atoms with Gasteiger partial charge in [-0.3, -0.25) is 0 Å². The summed E-state index contributed by atoms with van der Waals surface area (Å²) in [4.78, 5) is 14.4. The molecule has 2 aromatic carbocycles. The second kappa shape index (κ2) is 15.3. The molecule has 0 aromatic heterocycles. The minimum absolute atomic E-state index is 0.296. The third kappa shape index (κ3) is 7.66. The largest absolute Gasteiger partial charge is 0.467 e. The summed E-state index contributed by atoms with van der Waals surface area (Å²) in [6.07, 6.45) is -1.09. The molecule has 40 heavy (non-hydrogen) atoms. The van der Waals surface area contributed by atoms with E-state index in [0.29, 0.717) is 29.8 Å². The molecule has 0 aliphatic carbocycles. The zero-order chi connectivity index (χ0) is 29.3. The molecule has 0 bridgehead atoms. The maximum atomic E-state index is 13.4. The topological polar surface area (TPSA) is 63.2 Å². The van der Waals surface area contributed by atoms with Crippen LogP contribution in [0.1, 0.15) is 47.1 Å². The van der Waals surface area contributed by atoms with E-state index in [1.165, 1.54) is 18.9 Å². The minimum Gasteiger partial charge on any atom is -0.467 e. The van der Waals surface area contributed by atoms with E-state index >= 15 is 0 Å². The molecule has 220 valence electrons. The van der Waals surface area contributed by atoms with Gasteiger partial charge in [0.15, 0.2) is 6.10 Å². The predicted molar refractivity (Wildman–Crippen MR) is 164 cm³/mol. The molecular weight excluding hydrogens is 540 g/mol. The minimum atomic E-state index is -2.47. The van der Waals surface area contributed by atoms with Gasteiger partial charge in [-0.15, -0.1) is 6.58 Å². The third-order valence-electron chi connectivity index (χ3n) is 7.66. The second-order valence-corrected chi connectivity index (χ2v) is 17.7. The van der Waals surface area contributed by atoms with E-state index in [2.05, 4.69) is 48.1 Å². The zero-order valence-electron chi connectivity index (χ0n) is 24.9. The molecule has 1 aliphatic rings. The Labute approximate surface area is 245 Å². The zero-order valence-corrected chi connectivity index (χ0v) is 26.8. The van der Waals surface area contributed by atoms with Gasteiger partial charge in [0.25, 0.3) is 0 Å².